The molecule has 0 bridgehead atoms. The predicted molar refractivity (Wildman–Crippen MR) is 59.0 cm³/mol. The first kappa shape index (κ1) is 9.93. The summed E-state index contributed by atoms with van der Waals surface area (Å²) < 4.78 is 5.03. The van der Waals surface area contributed by atoms with Gasteiger partial charge in [-0.15, -0.1) is 0 Å². The van der Waals surface area contributed by atoms with Crippen LogP contribution in [-0.4, -0.2) is 17.1 Å². The molecule has 2 aromatic heterocycles. The molecule has 0 spiro atoms. The van der Waals surface area contributed by atoms with Crippen LogP contribution >= 0.6 is 11.6 Å². The molecule has 0 N–H and O–H groups in total. The molecule has 0 saturated carbocycles. The first-order valence-electron chi connectivity index (χ1n) is 4.42. The lowest BCUT2D eigenvalue weighted by molar-refractivity contribution is 0.398. The summed E-state index contributed by atoms with van der Waals surface area (Å²) in [5, 5.41) is 0.475. The Kier molecular flexibility index (Phi) is 2.83. The topological polar surface area (TPSA) is 35.0 Å². The lowest BCUT2D eigenvalue weighted by Crippen LogP contribution is -1.89. The van der Waals surface area contributed by atoms with Crippen molar-refractivity contribution in [2.75, 3.05) is 7.11 Å². The Bertz CT molecular complexity index is 474. The smallest absolute Gasteiger partial charge is 0.213 e. The monoisotopic (exact) mass is 220 g/mol. The quantitative estimate of drug-likeness (QED) is 0.730. The highest BCUT2D eigenvalue weighted by atomic mass is 35.5. The number of hydrogen-bond acceptors (Lipinski definition) is 3. The second kappa shape index (κ2) is 4.28. The molecular formula is C11H9ClN2O. The number of ether oxygens (including phenoxy) is 1. The van der Waals surface area contributed by atoms with Gasteiger partial charge in [0.15, 0.2) is 0 Å². The maximum Gasteiger partial charge on any atom is 0.213 e. The van der Waals surface area contributed by atoms with Crippen molar-refractivity contribution in [3.63, 3.8) is 0 Å². The lowest BCUT2D eigenvalue weighted by atomic mass is 10.2. The molecule has 0 fully saturated rings. The predicted octanol–water partition coefficient (Wildman–Crippen LogP) is 2.81. The molecule has 0 unspecified atom stereocenters. The van der Waals surface area contributed by atoms with Gasteiger partial charge in [-0.2, -0.15) is 0 Å². The summed E-state index contributed by atoms with van der Waals surface area (Å²) in [5.74, 6) is 0.564. The van der Waals surface area contributed by atoms with Crippen molar-refractivity contribution in [2.24, 2.45) is 0 Å². The number of hydrogen-bond donors (Lipinski definition) is 0. The van der Waals surface area contributed by atoms with Crippen LogP contribution in [0.4, 0.5) is 0 Å². The zero-order valence-corrected chi connectivity index (χ0v) is 8.90. The van der Waals surface area contributed by atoms with Gasteiger partial charge in [-0.1, -0.05) is 17.7 Å². The highest BCUT2D eigenvalue weighted by Gasteiger charge is 2.01. The molecule has 0 radical (unpaired) electrons. The Hall–Kier alpha value is -1.61. The first-order chi connectivity index (χ1) is 7.29. The van der Waals surface area contributed by atoms with Crippen molar-refractivity contribution in [3.8, 4) is 17.1 Å². The van der Waals surface area contributed by atoms with Gasteiger partial charge >= 0.3 is 0 Å². The fourth-order valence-corrected chi connectivity index (χ4v) is 1.41. The number of methoxy groups -OCH3 is 1. The van der Waals surface area contributed by atoms with E-state index in [2.05, 4.69) is 9.97 Å². The van der Waals surface area contributed by atoms with E-state index >= 15 is 0 Å². The average Bonchev–Trinajstić information content (AvgIpc) is 2.29. The van der Waals surface area contributed by atoms with Crippen molar-refractivity contribution in [2.45, 2.75) is 0 Å². The molecule has 0 aromatic carbocycles. The highest BCUT2D eigenvalue weighted by molar-refractivity contribution is 6.29. The van der Waals surface area contributed by atoms with Crippen molar-refractivity contribution >= 4 is 11.6 Å². The number of nitrogens with zero attached hydrogens (tertiary/aromatic N) is 2. The number of halogens is 1. The molecule has 2 heterocycles. The van der Waals surface area contributed by atoms with Crippen LogP contribution < -0.4 is 4.74 Å². The minimum atomic E-state index is 0.475. The zero-order chi connectivity index (χ0) is 10.7. The molecule has 0 atom stereocenters. The van der Waals surface area contributed by atoms with Crippen LogP contribution in [0.3, 0.4) is 0 Å². The van der Waals surface area contributed by atoms with Gasteiger partial charge in [-0.05, 0) is 18.2 Å². The van der Waals surface area contributed by atoms with E-state index < -0.39 is 0 Å². The number of aromatic nitrogens is 2. The van der Waals surface area contributed by atoms with Gasteiger partial charge in [-0.25, -0.2) is 9.97 Å². The van der Waals surface area contributed by atoms with Crippen LogP contribution in [0.25, 0.3) is 11.3 Å². The summed E-state index contributed by atoms with van der Waals surface area (Å²) in [6.45, 7) is 0. The summed E-state index contributed by atoms with van der Waals surface area (Å²) in [7, 11) is 1.58. The average molecular weight is 221 g/mol. The summed E-state index contributed by atoms with van der Waals surface area (Å²) in [5.41, 5.74) is 1.74. The molecule has 4 heteroatoms. The largest absolute Gasteiger partial charge is 0.481 e. The third-order valence-corrected chi connectivity index (χ3v) is 2.17. The van der Waals surface area contributed by atoms with Crippen LogP contribution in [0.1, 0.15) is 0 Å². The summed E-state index contributed by atoms with van der Waals surface area (Å²) in [6.07, 6.45) is 1.68. The van der Waals surface area contributed by atoms with E-state index in [9.17, 15) is 0 Å². The van der Waals surface area contributed by atoms with Crippen molar-refractivity contribution in [3.05, 3.63) is 41.7 Å². The Labute approximate surface area is 92.7 Å². The molecule has 0 aliphatic carbocycles. The van der Waals surface area contributed by atoms with E-state index in [1.54, 1.807) is 19.4 Å². The Morgan fingerprint density at radius 1 is 1.27 bits per heavy atom. The Morgan fingerprint density at radius 3 is 2.87 bits per heavy atom. The molecule has 2 rings (SSSR count). The minimum Gasteiger partial charge on any atom is -0.481 e. The van der Waals surface area contributed by atoms with E-state index in [1.807, 2.05) is 24.3 Å². The van der Waals surface area contributed by atoms with Gasteiger partial charge in [0.2, 0.25) is 5.88 Å². The summed E-state index contributed by atoms with van der Waals surface area (Å²) in [6, 6.07) is 9.17. The van der Waals surface area contributed by atoms with E-state index in [-0.39, 0.29) is 0 Å². The lowest BCUT2D eigenvalue weighted by Gasteiger charge is -2.03. The van der Waals surface area contributed by atoms with E-state index in [1.165, 1.54) is 0 Å². The zero-order valence-electron chi connectivity index (χ0n) is 8.14. The Morgan fingerprint density at radius 2 is 2.13 bits per heavy atom. The van der Waals surface area contributed by atoms with Crippen LogP contribution in [0.5, 0.6) is 5.88 Å². The maximum absolute atomic E-state index is 5.81. The summed E-state index contributed by atoms with van der Waals surface area (Å²) in [4.78, 5) is 8.22. The fraction of sp³-hybridized carbons (Fsp3) is 0.0909. The molecular weight excluding hydrogens is 212 g/mol. The first-order valence-corrected chi connectivity index (χ1v) is 4.80. The van der Waals surface area contributed by atoms with Crippen molar-refractivity contribution in [1.82, 2.24) is 9.97 Å². The van der Waals surface area contributed by atoms with Gasteiger partial charge in [-0.3, -0.25) is 0 Å². The molecule has 15 heavy (non-hydrogen) atoms. The molecule has 0 saturated heterocycles. The minimum absolute atomic E-state index is 0.475. The molecule has 0 amide bonds. The summed E-state index contributed by atoms with van der Waals surface area (Å²) >= 11 is 5.81. The van der Waals surface area contributed by atoms with Crippen molar-refractivity contribution in [1.29, 1.82) is 0 Å². The highest BCUT2D eigenvalue weighted by Crippen LogP contribution is 2.21. The van der Waals surface area contributed by atoms with Crippen molar-refractivity contribution < 1.29 is 4.74 Å². The van der Waals surface area contributed by atoms with Crippen LogP contribution in [-0.2, 0) is 0 Å². The van der Waals surface area contributed by atoms with E-state index in [0.717, 1.165) is 11.3 Å². The van der Waals surface area contributed by atoms with Gasteiger partial charge in [0.25, 0.3) is 0 Å². The van der Waals surface area contributed by atoms with E-state index in [0.29, 0.717) is 11.0 Å². The Balaban J connectivity index is 2.44. The van der Waals surface area contributed by atoms with E-state index in [4.69, 9.17) is 16.3 Å². The second-order valence-corrected chi connectivity index (χ2v) is 3.32. The molecule has 0 aliphatic heterocycles. The van der Waals surface area contributed by atoms with Crippen LogP contribution in [0, 0.1) is 0 Å². The van der Waals surface area contributed by atoms with Gasteiger partial charge in [0, 0.05) is 17.8 Å². The second-order valence-electron chi connectivity index (χ2n) is 2.93. The number of rotatable bonds is 2. The number of pyridine rings is 2. The standard InChI is InChI=1S/C11H9ClN2O/c1-15-11-7-8(5-6-13-11)9-3-2-4-10(12)14-9/h2-7H,1H3. The maximum atomic E-state index is 5.81. The van der Waals surface area contributed by atoms with Gasteiger partial charge < -0.3 is 4.74 Å². The molecule has 0 aliphatic rings. The third kappa shape index (κ3) is 2.25. The molecule has 3 nitrogen and oxygen atoms in total. The molecule has 76 valence electrons. The van der Waals surface area contributed by atoms with Crippen LogP contribution in [0.2, 0.25) is 5.15 Å². The SMILES string of the molecule is COc1cc(-c2cccc(Cl)n2)ccn1. The normalized spacial score (nSPS) is 10.0. The van der Waals surface area contributed by atoms with Crippen LogP contribution in [0.15, 0.2) is 36.5 Å². The fourth-order valence-electron chi connectivity index (χ4n) is 1.25. The van der Waals surface area contributed by atoms with Gasteiger partial charge in [0.05, 0.1) is 12.8 Å². The third-order valence-electron chi connectivity index (χ3n) is 1.95. The molecule has 2 aromatic rings. The van der Waals surface area contributed by atoms with Gasteiger partial charge in [0.1, 0.15) is 5.15 Å².